The molecule has 1 heterocycles. The second-order valence-corrected chi connectivity index (χ2v) is 8.20. The Morgan fingerprint density at radius 3 is 2.32 bits per heavy atom. The van der Waals surface area contributed by atoms with Crippen LogP contribution in [-0.2, 0) is 19.6 Å². The van der Waals surface area contributed by atoms with Gasteiger partial charge in [-0.1, -0.05) is 13.8 Å². The Morgan fingerprint density at radius 1 is 1.23 bits per heavy atom. The highest BCUT2D eigenvalue weighted by molar-refractivity contribution is 7.89. The molecule has 7 nitrogen and oxygen atoms in total. The summed E-state index contributed by atoms with van der Waals surface area (Å²) in [4.78, 5) is 22.8. The maximum atomic E-state index is 12.0. The zero-order valence-electron chi connectivity index (χ0n) is 13.2. The molecule has 1 saturated heterocycles. The smallest absolute Gasteiger partial charge is 0.326 e. The van der Waals surface area contributed by atoms with Gasteiger partial charge in [0.1, 0.15) is 6.04 Å². The van der Waals surface area contributed by atoms with E-state index < -0.39 is 27.9 Å². The van der Waals surface area contributed by atoms with Gasteiger partial charge in [-0.2, -0.15) is 0 Å². The molecule has 2 N–H and O–H groups in total. The number of carbonyl (C=O) groups excluding carboxylic acids is 1. The van der Waals surface area contributed by atoms with Crippen molar-refractivity contribution in [3.63, 3.8) is 0 Å². The van der Waals surface area contributed by atoms with Crippen molar-refractivity contribution in [1.29, 1.82) is 0 Å². The van der Waals surface area contributed by atoms with Gasteiger partial charge in [0.25, 0.3) is 0 Å². The molecule has 1 fully saturated rings. The van der Waals surface area contributed by atoms with E-state index >= 15 is 0 Å². The van der Waals surface area contributed by atoms with E-state index in [2.05, 4.69) is 5.32 Å². The van der Waals surface area contributed by atoms with Gasteiger partial charge in [-0.3, -0.25) is 4.79 Å². The lowest BCUT2D eigenvalue weighted by Gasteiger charge is -2.17. The van der Waals surface area contributed by atoms with E-state index in [-0.39, 0.29) is 24.5 Å². The van der Waals surface area contributed by atoms with Crippen LogP contribution >= 0.6 is 0 Å². The number of sulfonamides is 1. The molecule has 0 aromatic heterocycles. The second-order valence-electron chi connectivity index (χ2n) is 6.11. The summed E-state index contributed by atoms with van der Waals surface area (Å²) in [6.45, 7) is 4.88. The van der Waals surface area contributed by atoms with Gasteiger partial charge in [-0.05, 0) is 31.6 Å². The van der Waals surface area contributed by atoms with Gasteiger partial charge in [-0.25, -0.2) is 17.5 Å². The first-order valence-electron chi connectivity index (χ1n) is 7.72. The average molecular weight is 334 g/mol. The summed E-state index contributed by atoms with van der Waals surface area (Å²) in [7, 11) is -3.28. The van der Waals surface area contributed by atoms with Crippen molar-refractivity contribution >= 4 is 21.9 Å². The summed E-state index contributed by atoms with van der Waals surface area (Å²) in [6, 6.07) is -0.914. The first kappa shape index (κ1) is 18.9. The summed E-state index contributed by atoms with van der Waals surface area (Å²) < 4.78 is 25.4. The Hall–Kier alpha value is -1.15. The highest BCUT2D eigenvalue weighted by atomic mass is 32.2. The highest BCUT2D eigenvalue weighted by Gasteiger charge is 2.25. The maximum absolute atomic E-state index is 12.0. The lowest BCUT2D eigenvalue weighted by Crippen LogP contribution is -2.41. The van der Waals surface area contributed by atoms with E-state index in [0.29, 0.717) is 19.5 Å². The van der Waals surface area contributed by atoms with Crippen LogP contribution in [0.1, 0.15) is 46.0 Å². The van der Waals surface area contributed by atoms with Crippen molar-refractivity contribution in [2.24, 2.45) is 5.92 Å². The van der Waals surface area contributed by atoms with Gasteiger partial charge in [-0.15, -0.1) is 0 Å². The molecule has 1 atom stereocenters. The van der Waals surface area contributed by atoms with Crippen LogP contribution in [-0.4, -0.2) is 54.6 Å². The van der Waals surface area contributed by atoms with Gasteiger partial charge in [0.2, 0.25) is 15.9 Å². The quantitative estimate of drug-likeness (QED) is 0.649. The zero-order chi connectivity index (χ0) is 16.8. The van der Waals surface area contributed by atoms with Crippen LogP contribution < -0.4 is 5.32 Å². The number of carboxylic acid groups (broad SMARTS) is 1. The Balaban J connectivity index is 2.37. The summed E-state index contributed by atoms with van der Waals surface area (Å²) in [5, 5.41) is 11.5. The van der Waals surface area contributed by atoms with Gasteiger partial charge >= 0.3 is 5.97 Å². The third-order valence-corrected chi connectivity index (χ3v) is 5.56. The van der Waals surface area contributed by atoms with E-state index in [1.54, 1.807) is 0 Å². The highest BCUT2D eigenvalue weighted by Crippen LogP contribution is 2.14. The van der Waals surface area contributed by atoms with Crippen molar-refractivity contribution in [1.82, 2.24) is 9.62 Å². The number of rotatable bonds is 9. The number of hydrogen-bond acceptors (Lipinski definition) is 4. The number of aliphatic carboxylic acids is 1. The van der Waals surface area contributed by atoms with Crippen molar-refractivity contribution in [3.8, 4) is 0 Å². The number of carbonyl (C=O) groups is 2. The van der Waals surface area contributed by atoms with Crippen LogP contribution in [0.3, 0.4) is 0 Å². The fourth-order valence-corrected chi connectivity index (χ4v) is 4.05. The molecule has 0 aliphatic carbocycles. The van der Waals surface area contributed by atoms with Crippen LogP contribution in [0.15, 0.2) is 0 Å². The minimum Gasteiger partial charge on any atom is -0.480 e. The lowest BCUT2D eigenvalue weighted by atomic mass is 10.0. The molecule has 0 aromatic carbocycles. The number of amides is 1. The molecular weight excluding hydrogens is 308 g/mol. The second kappa shape index (κ2) is 8.47. The summed E-state index contributed by atoms with van der Waals surface area (Å²) in [5.74, 6) is -1.39. The monoisotopic (exact) mass is 334 g/mol. The number of hydrogen-bond donors (Lipinski definition) is 2. The summed E-state index contributed by atoms with van der Waals surface area (Å²) in [5.41, 5.74) is 0. The van der Waals surface area contributed by atoms with E-state index in [4.69, 9.17) is 5.11 Å². The van der Waals surface area contributed by atoms with Crippen LogP contribution in [0.25, 0.3) is 0 Å². The number of carboxylic acids is 1. The first-order chi connectivity index (χ1) is 10.2. The first-order valence-corrected chi connectivity index (χ1v) is 9.33. The maximum Gasteiger partial charge on any atom is 0.326 e. The molecule has 128 valence electrons. The van der Waals surface area contributed by atoms with Gasteiger partial charge in [0, 0.05) is 19.5 Å². The minimum atomic E-state index is -3.28. The van der Waals surface area contributed by atoms with Gasteiger partial charge < -0.3 is 10.4 Å². The van der Waals surface area contributed by atoms with Crippen molar-refractivity contribution in [2.45, 2.75) is 52.0 Å². The minimum absolute atomic E-state index is 0.0228. The third kappa shape index (κ3) is 6.31. The fraction of sp³-hybridized carbons (Fsp3) is 0.857. The van der Waals surface area contributed by atoms with Crippen molar-refractivity contribution in [2.75, 3.05) is 18.8 Å². The van der Waals surface area contributed by atoms with Crippen molar-refractivity contribution in [3.05, 3.63) is 0 Å². The molecular formula is C14H26N2O5S. The average Bonchev–Trinajstić information content (AvgIpc) is 2.91. The summed E-state index contributed by atoms with van der Waals surface area (Å²) in [6.07, 6.45) is 2.35. The Bertz CT molecular complexity index is 483. The van der Waals surface area contributed by atoms with Gasteiger partial charge in [0.15, 0.2) is 0 Å². The number of nitrogens with zero attached hydrogens (tertiary/aromatic N) is 1. The van der Waals surface area contributed by atoms with Crippen LogP contribution in [0, 0.1) is 5.92 Å². The third-order valence-electron chi connectivity index (χ3n) is 3.60. The Kier molecular flexibility index (Phi) is 7.28. The fourth-order valence-electron chi connectivity index (χ4n) is 2.47. The molecule has 1 rings (SSSR count). The molecule has 1 aliphatic heterocycles. The molecule has 1 aliphatic rings. The summed E-state index contributed by atoms with van der Waals surface area (Å²) >= 11 is 0. The Labute approximate surface area is 132 Å². The lowest BCUT2D eigenvalue weighted by molar-refractivity contribution is -0.142. The van der Waals surface area contributed by atoms with E-state index in [0.717, 1.165) is 12.8 Å². The number of nitrogens with one attached hydrogen (secondary N) is 1. The topological polar surface area (TPSA) is 104 Å². The molecule has 0 aromatic rings. The molecule has 0 saturated carbocycles. The van der Waals surface area contributed by atoms with E-state index in [1.165, 1.54) is 4.31 Å². The molecule has 0 spiro atoms. The van der Waals surface area contributed by atoms with Crippen LogP contribution in [0.5, 0.6) is 0 Å². The largest absolute Gasteiger partial charge is 0.480 e. The van der Waals surface area contributed by atoms with E-state index in [1.807, 2.05) is 13.8 Å². The van der Waals surface area contributed by atoms with Crippen molar-refractivity contribution < 1.29 is 23.1 Å². The Morgan fingerprint density at radius 2 is 1.82 bits per heavy atom. The molecule has 1 amide bonds. The predicted octanol–water partition coefficient (Wildman–Crippen LogP) is 0.808. The molecule has 0 unspecified atom stereocenters. The molecule has 0 bridgehead atoms. The normalized spacial score (nSPS) is 17.6. The van der Waals surface area contributed by atoms with E-state index in [9.17, 15) is 18.0 Å². The molecule has 8 heteroatoms. The predicted molar refractivity (Wildman–Crippen MR) is 82.8 cm³/mol. The zero-order valence-corrected chi connectivity index (χ0v) is 14.1. The van der Waals surface area contributed by atoms with Gasteiger partial charge in [0.05, 0.1) is 5.75 Å². The molecule has 0 radical (unpaired) electrons. The van der Waals surface area contributed by atoms with Crippen LogP contribution in [0.4, 0.5) is 0 Å². The SMILES string of the molecule is CC(C)C[C@@H](NC(=O)CCCS(=O)(=O)N1CCCC1)C(=O)O. The van der Waals surface area contributed by atoms with Crippen LogP contribution in [0.2, 0.25) is 0 Å². The standard InChI is InChI=1S/C14H26N2O5S/c1-11(2)10-12(14(18)19)15-13(17)6-5-9-22(20,21)16-7-3-4-8-16/h11-12H,3-10H2,1-2H3,(H,15,17)(H,18,19)/t12-/m1/s1. The molecule has 22 heavy (non-hydrogen) atoms.